The smallest absolute Gasteiger partial charge is 0.224 e. The molecule has 10 heteroatoms. The van der Waals surface area contributed by atoms with E-state index in [9.17, 15) is 12.8 Å². The molecule has 0 spiro atoms. The quantitative estimate of drug-likeness (QED) is 0.790. The van der Waals surface area contributed by atoms with Gasteiger partial charge in [-0.25, -0.2) is 17.8 Å². The lowest BCUT2D eigenvalue weighted by Crippen LogP contribution is -2.49. The normalized spacial score (nSPS) is 33.2. The molecule has 3 fully saturated rings. The summed E-state index contributed by atoms with van der Waals surface area (Å²) in [5.41, 5.74) is 0.751. The fourth-order valence-corrected chi connectivity index (χ4v) is 7.07. The summed E-state index contributed by atoms with van der Waals surface area (Å²) in [7, 11) is -1.23. The standard InChI is InChI=1S/C20H29FN6O2S/c1-25-7-6-18(17(21)12-25)26-8-5-13-11-22-20(24-19(13)26)23-14-9-15-3-4-16(10-14)27(15)30(2,28)29/h5,8,11,14-18H,3-4,6-7,9-10,12H2,1-2H3,(H,22,23,24)/t14?,15-,16+,17-,18+/m0/s1. The van der Waals surface area contributed by atoms with Gasteiger partial charge >= 0.3 is 0 Å². The first-order valence-electron chi connectivity index (χ1n) is 10.7. The Morgan fingerprint density at radius 3 is 2.60 bits per heavy atom. The summed E-state index contributed by atoms with van der Waals surface area (Å²) in [6, 6.07) is 1.97. The molecule has 2 bridgehead atoms. The van der Waals surface area contributed by atoms with Crippen LogP contribution in [0.3, 0.4) is 0 Å². The van der Waals surface area contributed by atoms with Crippen LogP contribution in [0.5, 0.6) is 0 Å². The summed E-state index contributed by atoms with van der Waals surface area (Å²) in [6.07, 6.45) is 8.15. The first-order valence-corrected chi connectivity index (χ1v) is 12.6. The molecule has 164 valence electrons. The molecule has 0 radical (unpaired) electrons. The van der Waals surface area contributed by atoms with Crippen molar-refractivity contribution < 1.29 is 12.8 Å². The highest BCUT2D eigenvalue weighted by molar-refractivity contribution is 7.88. The van der Waals surface area contributed by atoms with Gasteiger partial charge in [-0.2, -0.15) is 9.29 Å². The van der Waals surface area contributed by atoms with Crippen molar-refractivity contribution in [1.29, 1.82) is 0 Å². The first-order chi connectivity index (χ1) is 14.3. The minimum Gasteiger partial charge on any atom is -0.351 e. The van der Waals surface area contributed by atoms with Gasteiger partial charge in [0.2, 0.25) is 16.0 Å². The van der Waals surface area contributed by atoms with E-state index in [0.717, 1.165) is 49.7 Å². The van der Waals surface area contributed by atoms with Crippen LogP contribution < -0.4 is 5.32 Å². The number of likely N-dealkylation sites (tertiary alicyclic amines) is 1. The van der Waals surface area contributed by atoms with Crippen LogP contribution in [0.2, 0.25) is 0 Å². The molecule has 8 nitrogen and oxygen atoms in total. The van der Waals surface area contributed by atoms with E-state index in [-0.39, 0.29) is 24.2 Å². The zero-order valence-electron chi connectivity index (χ0n) is 17.4. The average molecular weight is 437 g/mol. The molecule has 1 N–H and O–H groups in total. The van der Waals surface area contributed by atoms with Crippen LogP contribution in [0.15, 0.2) is 18.5 Å². The van der Waals surface area contributed by atoms with E-state index in [4.69, 9.17) is 4.98 Å². The average Bonchev–Trinajstić information content (AvgIpc) is 3.20. The number of sulfonamides is 1. The van der Waals surface area contributed by atoms with E-state index in [1.165, 1.54) is 6.26 Å². The number of rotatable bonds is 4. The zero-order chi connectivity index (χ0) is 21.0. The number of anilines is 1. The number of fused-ring (bicyclic) bond motifs is 3. The molecule has 2 aromatic rings. The van der Waals surface area contributed by atoms with Gasteiger partial charge in [-0.1, -0.05) is 0 Å². The van der Waals surface area contributed by atoms with Crippen LogP contribution in [-0.2, 0) is 10.0 Å². The highest BCUT2D eigenvalue weighted by Crippen LogP contribution is 2.38. The number of halogens is 1. The van der Waals surface area contributed by atoms with E-state index in [2.05, 4.69) is 10.3 Å². The first kappa shape index (κ1) is 20.1. The van der Waals surface area contributed by atoms with Crippen molar-refractivity contribution >= 4 is 27.0 Å². The molecule has 0 aliphatic carbocycles. The van der Waals surface area contributed by atoms with Gasteiger partial charge in [0, 0.05) is 49.0 Å². The van der Waals surface area contributed by atoms with E-state index in [1.807, 2.05) is 28.8 Å². The van der Waals surface area contributed by atoms with Gasteiger partial charge in [-0.15, -0.1) is 0 Å². The second-order valence-electron chi connectivity index (χ2n) is 9.12. The molecule has 1 unspecified atom stereocenters. The third kappa shape index (κ3) is 3.58. The van der Waals surface area contributed by atoms with E-state index >= 15 is 0 Å². The van der Waals surface area contributed by atoms with Crippen molar-refractivity contribution in [2.45, 2.75) is 62.4 Å². The van der Waals surface area contributed by atoms with Crippen LogP contribution in [0.4, 0.5) is 10.3 Å². The predicted molar refractivity (Wildman–Crippen MR) is 114 cm³/mol. The topological polar surface area (TPSA) is 83.4 Å². The highest BCUT2D eigenvalue weighted by atomic mass is 32.2. The third-order valence-electron chi connectivity index (χ3n) is 6.90. The van der Waals surface area contributed by atoms with Crippen LogP contribution >= 0.6 is 0 Å². The van der Waals surface area contributed by atoms with Crippen molar-refractivity contribution in [2.24, 2.45) is 0 Å². The molecular formula is C20H29FN6O2S. The lowest BCUT2D eigenvalue weighted by molar-refractivity contribution is 0.109. The Labute approximate surface area is 176 Å². The fourth-order valence-electron chi connectivity index (χ4n) is 5.61. The SMILES string of the molecule is CN1CC[C@@H](n2ccc3cnc(NC4C[C@H]5CC[C@@H](C4)N5S(C)(=O)=O)nc32)[C@@H](F)C1. The van der Waals surface area contributed by atoms with Crippen molar-refractivity contribution in [3.05, 3.63) is 18.5 Å². The number of piperidine rings is 2. The second-order valence-corrected chi connectivity index (χ2v) is 11.0. The maximum absolute atomic E-state index is 14.7. The van der Waals surface area contributed by atoms with Crippen molar-refractivity contribution in [3.8, 4) is 0 Å². The number of hydrogen-bond donors (Lipinski definition) is 1. The summed E-state index contributed by atoms with van der Waals surface area (Å²) in [5, 5.41) is 4.33. The van der Waals surface area contributed by atoms with Gasteiger partial charge in [-0.05, 0) is 45.2 Å². The highest BCUT2D eigenvalue weighted by Gasteiger charge is 2.45. The summed E-state index contributed by atoms with van der Waals surface area (Å²) in [5.74, 6) is 0.531. The lowest BCUT2D eigenvalue weighted by Gasteiger charge is -2.37. The third-order valence-corrected chi connectivity index (χ3v) is 8.27. The second kappa shape index (κ2) is 7.42. The van der Waals surface area contributed by atoms with Crippen molar-refractivity contribution in [2.75, 3.05) is 31.7 Å². The Balaban J connectivity index is 1.35. The minimum atomic E-state index is -3.17. The number of nitrogens with zero attached hydrogens (tertiary/aromatic N) is 5. The Morgan fingerprint density at radius 2 is 1.93 bits per heavy atom. The molecule has 3 aliphatic rings. The molecule has 3 saturated heterocycles. The summed E-state index contributed by atoms with van der Waals surface area (Å²) < 4.78 is 42.6. The number of alkyl halides is 1. The van der Waals surface area contributed by atoms with E-state index in [1.54, 1.807) is 10.5 Å². The predicted octanol–water partition coefficient (Wildman–Crippen LogP) is 2.01. The minimum absolute atomic E-state index is 0.0513. The molecule has 30 heavy (non-hydrogen) atoms. The summed E-state index contributed by atoms with van der Waals surface area (Å²) in [4.78, 5) is 11.2. The van der Waals surface area contributed by atoms with E-state index < -0.39 is 16.2 Å². The van der Waals surface area contributed by atoms with Crippen molar-refractivity contribution in [1.82, 2.24) is 23.7 Å². The maximum Gasteiger partial charge on any atom is 0.224 e. The van der Waals surface area contributed by atoms with Crippen LogP contribution in [0, 0.1) is 0 Å². The van der Waals surface area contributed by atoms with Gasteiger partial charge in [0.1, 0.15) is 11.8 Å². The number of nitrogens with one attached hydrogen (secondary N) is 1. The molecule has 0 amide bonds. The molecule has 5 atom stereocenters. The van der Waals surface area contributed by atoms with Crippen LogP contribution in [0.25, 0.3) is 11.0 Å². The number of aromatic nitrogens is 3. The zero-order valence-corrected chi connectivity index (χ0v) is 18.2. The maximum atomic E-state index is 14.7. The fraction of sp³-hybridized carbons (Fsp3) is 0.700. The Bertz CT molecular complexity index is 1030. The van der Waals surface area contributed by atoms with Gasteiger partial charge < -0.3 is 14.8 Å². The molecule has 0 aromatic carbocycles. The van der Waals surface area contributed by atoms with Gasteiger partial charge in [0.15, 0.2) is 0 Å². The molecule has 3 aliphatic heterocycles. The lowest BCUT2D eigenvalue weighted by atomic mass is 10.00. The largest absolute Gasteiger partial charge is 0.351 e. The van der Waals surface area contributed by atoms with Crippen LogP contribution in [-0.4, -0.2) is 82.8 Å². The Kier molecular flexibility index (Phi) is 4.98. The Morgan fingerprint density at radius 1 is 1.20 bits per heavy atom. The molecule has 0 saturated carbocycles. The van der Waals surface area contributed by atoms with Crippen LogP contribution in [0.1, 0.15) is 38.1 Å². The monoisotopic (exact) mass is 436 g/mol. The Hall–Kier alpha value is -1.78. The summed E-state index contributed by atoms with van der Waals surface area (Å²) in [6.45, 7) is 1.30. The molecule has 2 aromatic heterocycles. The molecular weight excluding hydrogens is 407 g/mol. The molecule has 5 rings (SSSR count). The van der Waals surface area contributed by atoms with Gasteiger partial charge in [0.25, 0.3) is 0 Å². The summed E-state index contributed by atoms with van der Waals surface area (Å²) >= 11 is 0. The van der Waals surface area contributed by atoms with E-state index in [0.29, 0.717) is 12.5 Å². The van der Waals surface area contributed by atoms with Gasteiger partial charge in [-0.3, -0.25) is 0 Å². The van der Waals surface area contributed by atoms with Crippen molar-refractivity contribution in [3.63, 3.8) is 0 Å². The number of hydrogen-bond acceptors (Lipinski definition) is 6. The molecule has 5 heterocycles. The van der Waals surface area contributed by atoms with Gasteiger partial charge in [0.05, 0.1) is 12.3 Å².